The third kappa shape index (κ3) is 3.18. The molecule has 1 aliphatic rings. The summed E-state index contributed by atoms with van der Waals surface area (Å²) < 4.78 is 17.9. The van der Waals surface area contributed by atoms with Crippen LogP contribution in [0.15, 0.2) is 24.3 Å². The Balaban J connectivity index is 2.26. The van der Waals surface area contributed by atoms with Crippen LogP contribution in [0.1, 0.15) is 37.8 Å². The molecule has 0 saturated carbocycles. The molecule has 140 valence electrons. The summed E-state index contributed by atoms with van der Waals surface area (Å²) in [5, 5.41) is 1.37. The Labute approximate surface area is 158 Å². The molecule has 0 fully saturated rings. The topological polar surface area (TPSA) is 27.7 Å². The summed E-state index contributed by atoms with van der Waals surface area (Å²) in [6, 6.07) is 8.51. The number of ether oxygens (including phenoxy) is 3. The Bertz CT molecular complexity index is 772. The molecule has 0 aromatic heterocycles. The molecule has 1 aliphatic heterocycles. The smallest absolute Gasteiger partial charge is 0.133 e. The van der Waals surface area contributed by atoms with E-state index in [0.29, 0.717) is 0 Å². The van der Waals surface area contributed by atoms with Gasteiger partial charge in [-0.25, -0.2) is 0 Å². The van der Waals surface area contributed by atoms with Crippen molar-refractivity contribution in [2.75, 3.05) is 20.4 Å². The van der Waals surface area contributed by atoms with E-state index in [1.54, 1.807) is 14.2 Å². The second-order valence-corrected chi connectivity index (χ2v) is 9.43. The molecule has 0 radical (unpaired) electrons. The Morgan fingerprint density at radius 3 is 2.31 bits per heavy atom. The van der Waals surface area contributed by atoms with Crippen LogP contribution < -0.4 is 19.5 Å². The highest BCUT2D eigenvalue weighted by molar-refractivity contribution is 7.67. The number of rotatable bonds is 6. The average Bonchev–Trinajstić information content (AvgIpc) is 2.94. The minimum atomic E-state index is -0.360. The number of methoxy groups -OCH3 is 2. The predicted octanol–water partition coefficient (Wildman–Crippen LogP) is 5.63. The van der Waals surface area contributed by atoms with E-state index < -0.39 is 0 Å². The molecule has 0 bridgehead atoms. The van der Waals surface area contributed by atoms with E-state index in [9.17, 15) is 0 Å². The minimum Gasteiger partial charge on any atom is -0.496 e. The fourth-order valence-corrected chi connectivity index (χ4v) is 6.65. The van der Waals surface area contributed by atoms with Gasteiger partial charge in [0.2, 0.25) is 0 Å². The van der Waals surface area contributed by atoms with E-state index in [2.05, 4.69) is 52.0 Å². The normalized spacial score (nSPS) is 18.4. The molecular weight excluding hydrogens is 343 g/mol. The van der Waals surface area contributed by atoms with Crippen LogP contribution in [-0.4, -0.2) is 26.2 Å². The first-order valence-corrected chi connectivity index (χ1v) is 10.9. The molecule has 2 atom stereocenters. The molecule has 4 heteroatoms. The van der Waals surface area contributed by atoms with Crippen LogP contribution >= 0.6 is 7.92 Å². The minimum absolute atomic E-state index is 0.260. The Morgan fingerprint density at radius 1 is 1.08 bits per heavy atom. The van der Waals surface area contributed by atoms with Crippen LogP contribution in [-0.2, 0) is 0 Å². The third-order valence-electron chi connectivity index (χ3n) is 5.06. The van der Waals surface area contributed by atoms with Crippen molar-refractivity contribution in [3.63, 3.8) is 0 Å². The lowest BCUT2D eigenvalue weighted by atomic mass is 9.97. The lowest BCUT2D eigenvalue weighted by Gasteiger charge is -2.22. The van der Waals surface area contributed by atoms with Gasteiger partial charge in [0, 0.05) is 10.9 Å². The van der Waals surface area contributed by atoms with Crippen LogP contribution in [0.5, 0.6) is 17.2 Å². The van der Waals surface area contributed by atoms with Crippen molar-refractivity contribution in [1.29, 1.82) is 0 Å². The highest BCUT2D eigenvalue weighted by atomic mass is 31.1. The fourth-order valence-electron chi connectivity index (χ4n) is 3.89. The maximum Gasteiger partial charge on any atom is 0.133 e. The standard InChI is InChI=1S/C22H29O3P/c1-7-8-12-26-16(4)25-18-11-9-10-17(22(18)26)19-20(23-5)14(2)13-15(3)21(19)24-6/h9-11,13,16H,7-8,12H2,1-6H3/t16-,26?/m0/s1. The van der Waals surface area contributed by atoms with E-state index in [1.165, 1.54) is 29.9 Å². The zero-order valence-corrected chi connectivity index (χ0v) is 17.6. The van der Waals surface area contributed by atoms with Crippen molar-refractivity contribution in [2.45, 2.75) is 46.4 Å². The first kappa shape index (κ1) is 19.0. The molecule has 0 spiro atoms. The summed E-state index contributed by atoms with van der Waals surface area (Å²) in [6.45, 7) is 8.65. The van der Waals surface area contributed by atoms with Gasteiger partial charge in [0.05, 0.1) is 19.8 Å². The molecular formula is C22H29O3P. The molecule has 0 aliphatic carbocycles. The van der Waals surface area contributed by atoms with Crippen LogP contribution in [0.2, 0.25) is 0 Å². The molecule has 0 N–H and O–H groups in total. The zero-order chi connectivity index (χ0) is 18.8. The van der Waals surface area contributed by atoms with E-state index in [0.717, 1.165) is 33.9 Å². The van der Waals surface area contributed by atoms with E-state index in [1.807, 2.05) is 0 Å². The Kier molecular flexibility index (Phi) is 5.77. The molecule has 3 rings (SSSR count). The second-order valence-electron chi connectivity index (χ2n) is 6.87. The van der Waals surface area contributed by atoms with E-state index in [-0.39, 0.29) is 13.8 Å². The first-order chi connectivity index (χ1) is 12.5. The zero-order valence-electron chi connectivity index (χ0n) is 16.7. The number of unbranched alkanes of at least 4 members (excludes halogenated alkanes) is 1. The SMILES string of the molecule is CCCCP1c2c(cccc2-c2c(OC)c(C)cc(C)c2OC)O[C@@H]1C. The van der Waals surface area contributed by atoms with E-state index >= 15 is 0 Å². The van der Waals surface area contributed by atoms with Gasteiger partial charge in [-0.05, 0) is 64.5 Å². The quantitative estimate of drug-likeness (QED) is 0.615. The van der Waals surface area contributed by atoms with Gasteiger partial charge in [-0.2, -0.15) is 0 Å². The van der Waals surface area contributed by atoms with E-state index in [4.69, 9.17) is 14.2 Å². The Morgan fingerprint density at radius 2 is 1.73 bits per heavy atom. The molecule has 0 amide bonds. The first-order valence-electron chi connectivity index (χ1n) is 9.32. The summed E-state index contributed by atoms with van der Waals surface area (Å²) in [7, 11) is 3.12. The summed E-state index contributed by atoms with van der Waals surface area (Å²) in [4.78, 5) is 0. The Hall–Kier alpha value is -1.73. The fraction of sp³-hybridized carbons (Fsp3) is 0.455. The van der Waals surface area contributed by atoms with Crippen LogP contribution in [0.25, 0.3) is 11.1 Å². The maximum atomic E-state index is 6.23. The third-order valence-corrected chi connectivity index (χ3v) is 7.87. The summed E-state index contributed by atoms with van der Waals surface area (Å²) in [5.41, 5.74) is 4.52. The molecule has 3 nitrogen and oxygen atoms in total. The van der Waals surface area contributed by atoms with Gasteiger partial charge in [-0.1, -0.05) is 25.5 Å². The number of hydrogen-bond acceptors (Lipinski definition) is 3. The lowest BCUT2D eigenvalue weighted by Crippen LogP contribution is -2.10. The van der Waals surface area contributed by atoms with Crippen molar-refractivity contribution >= 4 is 13.2 Å². The summed E-state index contributed by atoms with van der Waals surface area (Å²) in [6.07, 6.45) is 3.64. The molecule has 2 aromatic rings. The molecule has 2 aromatic carbocycles. The molecule has 26 heavy (non-hydrogen) atoms. The van der Waals surface area contributed by atoms with Crippen LogP contribution in [0.3, 0.4) is 0 Å². The van der Waals surface area contributed by atoms with Gasteiger partial charge in [0.25, 0.3) is 0 Å². The van der Waals surface area contributed by atoms with Crippen molar-refractivity contribution in [1.82, 2.24) is 0 Å². The monoisotopic (exact) mass is 372 g/mol. The molecule has 0 saturated heterocycles. The van der Waals surface area contributed by atoms with Gasteiger partial charge in [0.15, 0.2) is 0 Å². The number of aryl methyl sites for hydroxylation is 2. The average molecular weight is 372 g/mol. The van der Waals surface area contributed by atoms with Gasteiger partial charge < -0.3 is 14.2 Å². The van der Waals surface area contributed by atoms with Crippen molar-refractivity contribution in [3.05, 3.63) is 35.4 Å². The van der Waals surface area contributed by atoms with Gasteiger partial charge in [0.1, 0.15) is 23.1 Å². The summed E-state index contributed by atoms with van der Waals surface area (Å²) >= 11 is 0. The lowest BCUT2D eigenvalue weighted by molar-refractivity contribution is 0.315. The van der Waals surface area contributed by atoms with Crippen molar-refractivity contribution < 1.29 is 14.2 Å². The number of hydrogen-bond donors (Lipinski definition) is 0. The predicted molar refractivity (Wildman–Crippen MR) is 111 cm³/mol. The van der Waals surface area contributed by atoms with Gasteiger partial charge >= 0.3 is 0 Å². The highest BCUT2D eigenvalue weighted by Gasteiger charge is 2.34. The molecule has 1 unspecified atom stereocenters. The van der Waals surface area contributed by atoms with Crippen molar-refractivity contribution in [2.24, 2.45) is 0 Å². The highest BCUT2D eigenvalue weighted by Crippen LogP contribution is 2.54. The number of benzene rings is 2. The van der Waals surface area contributed by atoms with Crippen LogP contribution in [0, 0.1) is 13.8 Å². The molecule has 1 heterocycles. The summed E-state index contributed by atoms with van der Waals surface area (Å²) in [5.74, 6) is 3.08. The van der Waals surface area contributed by atoms with Crippen LogP contribution in [0.4, 0.5) is 0 Å². The van der Waals surface area contributed by atoms with Gasteiger partial charge in [-0.15, -0.1) is 0 Å². The number of fused-ring (bicyclic) bond motifs is 1. The largest absolute Gasteiger partial charge is 0.496 e. The maximum absolute atomic E-state index is 6.23. The second kappa shape index (κ2) is 7.88. The van der Waals surface area contributed by atoms with Crippen molar-refractivity contribution in [3.8, 4) is 28.4 Å². The van der Waals surface area contributed by atoms with Gasteiger partial charge in [-0.3, -0.25) is 0 Å².